The number of phenolic OH excluding ortho intramolecular Hbond substituents is 1. The predicted octanol–water partition coefficient (Wildman–Crippen LogP) is 1.65. The van der Waals surface area contributed by atoms with E-state index in [0.29, 0.717) is 0 Å². The van der Waals surface area contributed by atoms with Crippen molar-refractivity contribution in [2.75, 3.05) is 0 Å². The molecule has 0 radical (unpaired) electrons. The highest BCUT2D eigenvalue weighted by Gasteiger charge is 2.44. The number of nitrogens with zero attached hydrogens (tertiary/aromatic N) is 1. The van der Waals surface area contributed by atoms with Crippen molar-refractivity contribution in [3.8, 4) is 5.75 Å². The number of phenols is 1. The molecule has 0 saturated heterocycles. The van der Waals surface area contributed by atoms with Gasteiger partial charge in [-0.25, -0.2) is 0 Å². The number of halogens is 4. The Bertz CT molecular complexity index is 469. The van der Waals surface area contributed by atoms with Crippen LogP contribution in [0.4, 0.5) is 18.9 Å². The third kappa shape index (κ3) is 3.94. The third-order valence-electron chi connectivity index (χ3n) is 2.24. The maximum absolute atomic E-state index is 12.3. The molecule has 0 aliphatic carbocycles. The predicted molar refractivity (Wildman–Crippen MR) is 61.0 cm³/mol. The first-order valence-electron chi connectivity index (χ1n) is 4.62. The number of benzene rings is 1. The lowest BCUT2D eigenvalue weighted by molar-refractivity contribution is -0.386. The highest BCUT2D eigenvalue weighted by molar-refractivity contribution is 5.85. The lowest BCUT2D eigenvalue weighted by Crippen LogP contribution is -2.39. The quantitative estimate of drug-likeness (QED) is 0.581. The van der Waals surface area contributed by atoms with E-state index >= 15 is 0 Å². The Kier molecular flexibility index (Phi) is 5.54. The highest BCUT2D eigenvalue weighted by Crippen LogP contribution is 2.34. The van der Waals surface area contributed by atoms with E-state index in [1.54, 1.807) is 0 Å². The Morgan fingerprint density at radius 1 is 1.37 bits per heavy atom. The Morgan fingerprint density at radius 2 is 1.89 bits per heavy atom. The summed E-state index contributed by atoms with van der Waals surface area (Å²) in [6.07, 6.45) is -7.98. The SMILES string of the molecule is Cl.N[C@H](c1cc(O)ccc1[N+](=O)[O-])[C@@H](O)C(F)(F)F. The second-order valence-corrected chi connectivity index (χ2v) is 3.51. The lowest BCUT2D eigenvalue weighted by Gasteiger charge is -2.21. The van der Waals surface area contributed by atoms with E-state index in [4.69, 9.17) is 15.9 Å². The van der Waals surface area contributed by atoms with Gasteiger partial charge in [0, 0.05) is 6.07 Å². The molecule has 0 heterocycles. The summed E-state index contributed by atoms with van der Waals surface area (Å²) in [5, 5.41) is 28.7. The van der Waals surface area contributed by atoms with Gasteiger partial charge in [0.1, 0.15) is 5.75 Å². The zero-order chi connectivity index (χ0) is 14.1. The minimum absolute atomic E-state index is 0. The molecule has 4 N–H and O–H groups in total. The number of alkyl halides is 3. The first kappa shape index (κ1) is 17.4. The summed E-state index contributed by atoms with van der Waals surface area (Å²) in [4.78, 5) is 9.67. The Balaban J connectivity index is 0.00000324. The zero-order valence-electron chi connectivity index (χ0n) is 9.16. The molecule has 2 atom stereocenters. The molecular formula is C9H10ClF3N2O4. The topological polar surface area (TPSA) is 110 Å². The molecule has 1 aromatic rings. The van der Waals surface area contributed by atoms with E-state index in [-0.39, 0.29) is 12.4 Å². The van der Waals surface area contributed by atoms with Crippen molar-refractivity contribution in [2.45, 2.75) is 18.3 Å². The Labute approximate surface area is 111 Å². The fourth-order valence-corrected chi connectivity index (χ4v) is 1.35. The van der Waals surface area contributed by atoms with E-state index in [9.17, 15) is 23.3 Å². The van der Waals surface area contributed by atoms with Crippen molar-refractivity contribution >= 4 is 18.1 Å². The number of nitro groups is 1. The first-order chi connectivity index (χ1) is 8.14. The van der Waals surface area contributed by atoms with Crippen LogP contribution in [0.2, 0.25) is 0 Å². The van der Waals surface area contributed by atoms with Crippen LogP contribution in [0, 0.1) is 10.1 Å². The summed E-state index contributed by atoms with van der Waals surface area (Å²) in [5.74, 6) is -0.486. The van der Waals surface area contributed by atoms with Gasteiger partial charge in [-0.15, -0.1) is 12.4 Å². The fourth-order valence-electron chi connectivity index (χ4n) is 1.35. The van der Waals surface area contributed by atoms with Gasteiger partial charge in [-0.05, 0) is 12.1 Å². The minimum atomic E-state index is -5.02. The summed E-state index contributed by atoms with van der Waals surface area (Å²) < 4.78 is 36.8. The smallest absolute Gasteiger partial charge is 0.416 e. The zero-order valence-corrected chi connectivity index (χ0v) is 9.98. The van der Waals surface area contributed by atoms with Gasteiger partial charge in [0.25, 0.3) is 5.69 Å². The molecule has 0 aliphatic heterocycles. The summed E-state index contributed by atoms with van der Waals surface area (Å²) in [7, 11) is 0. The van der Waals surface area contributed by atoms with Crippen molar-refractivity contribution < 1.29 is 28.3 Å². The number of rotatable bonds is 3. The summed E-state index contributed by atoms with van der Waals surface area (Å²) in [6.45, 7) is 0. The van der Waals surface area contributed by atoms with Gasteiger partial charge in [-0.3, -0.25) is 10.1 Å². The van der Waals surface area contributed by atoms with Crippen molar-refractivity contribution in [3.05, 3.63) is 33.9 Å². The second-order valence-electron chi connectivity index (χ2n) is 3.51. The minimum Gasteiger partial charge on any atom is -0.508 e. The average Bonchev–Trinajstić information content (AvgIpc) is 2.25. The van der Waals surface area contributed by atoms with E-state index < -0.39 is 40.2 Å². The molecule has 0 aliphatic rings. The lowest BCUT2D eigenvalue weighted by atomic mass is 10.00. The molecule has 19 heavy (non-hydrogen) atoms. The van der Waals surface area contributed by atoms with Crippen molar-refractivity contribution in [1.29, 1.82) is 0 Å². The van der Waals surface area contributed by atoms with Gasteiger partial charge in [0.2, 0.25) is 0 Å². The number of hydrogen-bond acceptors (Lipinski definition) is 5. The number of aliphatic hydroxyl groups is 1. The molecule has 108 valence electrons. The van der Waals surface area contributed by atoms with Gasteiger partial charge < -0.3 is 15.9 Å². The molecule has 0 fully saturated rings. The van der Waals surface area contributed by atoms with Crippen LogP contribution in [-0.2, 0) is 0 Å². The van der Waals surface area contributed by atoms with Crippen molar-refractivity contribution in [3.63, 3.8) is 0 Å². The molecular weight excluding hydrogens is 293 g/mol. The molecule has 10 heteroatoms. The Morgan fingerprint density at radius 3 is 2.32 bits per heavy atom. The molecule has 0 bridgehead atoms. The van der Waals surface area contributed by atoms with Gasteiger partial charge in [0.05, 0.1) is 16.5 Å². The summed E-state index contributed by atoms with van der Waals surface area (Å²) in [6, 6.07) is 0.414. The van der Waals surface area contributed by atoms with Crippen LogP contribution in [-0.4, -0.2) is 27.4 Å². The number of hydrogen-bond donors (Lipinski definition) is 3. The van der Waals surface area contributed by atoms with Gasteiger partial charge in [0.15, 0.2) is 6.10 Å². The summed E-state index contributed by atoms with van der Waals surface area (Å²) in [5.41, 5.74) is 3.85. The molecule has 1 rings (SSSR count). The molecule has 6 nitrogen and oxygen atoms in total. The Hall–Kier alpha value is -1.58. The monoisotopic (exact) mass is 302 g/mol. The van der Waals surface area contributed by atoms with Crippen LogP contribution in [0.3, 0.4) is 0 Å². The largest absolute Gasteiger partial charge is 0.508 e. The van der Waals surface area contributed by atoms with Crippen LogP contribution in [0.1, 0.15) is 11.6 Å². The average molecular weight is 303 g/mol. The molecule has 0 unspecified atom stereocenters. The first-order valence-corrected chi connectivity index (χ1v) is 4.62. The van der Waals surface area contributed by atoms with E-state index in [1.807, 2.05) is 0 Å². The van der Waals surface area contributed by atoms with Crippen LogP contribution >= 0.6 is 12.4 Å². The number of nitro benzene ring substituents is 1. The van der Waals surface area contributed by atoms with E-state index in [0.717, 1.165) is 18.2 Å². The van der Waals surface area contributed by atoms with Crippen molar-refractivity contribution in [2.24, 2.45) is 5.73 Å². The van der Waals surface area contributed by atoms with Crippen LogP contribution in [0.15, 0.2) is 18.2 Å². The maximum Gasteiger partial charge on any atom is 0.416 e. The van der Waals surface area contributed by atoms with Crippen molar-refractivity contribution in [1.82, 2.24) is 0 Å². The highest BCUT2D eigenvalue weighted by atomic mass is 35.5. The van der Waals surface area contributed by atoms with Gasteiger partial charge in [-0.2, -0.15) is 13.2 Å². The molecule has 0 spiro atoms. The molecule has 0 saturated carbocycles. The van der Waals surface area contributed by atoms with Gasteiger partial charge in [-0.1, -0.05) is 0 Å². The fraction of sp³-hybridized carbons (Fsp3) is 0.333. The second kappa shape index (κ2) is 6.04. The van der Waals surface area contributed by atoms with Crippen LogP contribution < -0.4 is 5.73 Å². The molecule has 1 aromatic carbocycles. The van der Waals surface area contributed by atoms with E-state index in [1.165, 1.54) is 0 Å². The van der Waals surface area contributed by atoms with Gasteiger partial charge >= 0.3 is 6.18 Å². The number of aromatic hydroxyl groups is 1. The summed E-state index contributed by atoms with van der Waals surface area (Å²) >= 11 is 0. The molecule has 0 aromatic heterocycles. The molecule has 0 amide bonds. The van der Waals surface area contributed by atoms with E-state index in [2.05, 4.69) is 0 Å². The normalized spacial score (nSPS) is 14.4. The van der Waals surface area contributed by atoms with Crippen LogP contribution in [0.25, 0.3) is 0 Å². The standard InChI is InChI=1S/C9H9F3N2O4.ClH/c10-9(11,12)8(16)7(13)5-3-4(15)1-2-6(5)14(17)18;/h1-3,7-8,15-16H,13H2;1H/t7-,8-;/m1./s1. The maximum atomic E-state index is 12.3. The number of aliphatic hydroxyl groups excluding tert-OH is 1. The number of nitrogens with two attached hydrogens (primary N) is 1. The third-order valence-corrected chi connectivity index (χ3v) is 2.24. The van der Waals surface area contributed by atoms with Crippen LogP contribution in [0.5, 0.6) is 5.75 Å².